The van der Waals surface area contributed by atoms with Gasteiger partial charge in [-0.15, -0.1) is 0 Å². The first-order valence-corrected chi connectivity index (χ1v) is 11.9. The van der Waals surface area contributed by atoms with E-state index in [9.17, 15) is 18.5 Å². The Hall–Kier alpha value is -3.06. The predicted octanol–water partition coefficient (Wildman–Crippen LogP) is 5.46. The highest BCUT2D eigenvalue weighted by atomic mass is 32.2. The van der Waals surface area contributed by atoms with E-state index in [1.54, 1.807) is 6.07 Å². The van der Waals surface area contributed by atoms with E-state index in [0.717, 1.165) is 11.3 Å². The highest BCUT2D eigenvalue weighted by molar-refractivity contribution is 7.91. The Morgan fingerprint density at radius 1 is 0.871 bits per heavy atom. The molecule has 1 fully saturated rings. The van der Waals surface area contributed by atoms with Crippen LogP contribution in [0.1, 0.15) is 54.8 Å². The summed E-state index contributed by atoms with van der Waals surface area (Å²) in [4.78, 5) is 14.6. The maximum Gasteiger partial charge on any atom is 0.269 e. The molecule has 0 atom stereocenters. The summed E-state index contributed by atoms with van der Waals surface area (Å²) in [5.41, 5.74) is 3.17. The number of pyridine rings is 1. The number of hydrogen-bond donors (Lipinski definition) is 0. The van der Waals surface area contributed by atoms with Crippen molar-refractivity contribution in [2.45, 2.75) is 54.2 Å². The normalized spacial score (nSPS) is 15.0. The Kier molecular flexibility index (Phi) is 6.13. The van der Waals surface area contributed by atoms with Crippen LogP contribution in [0.15, 0.2) is 76.7 Å². The standard InChI is InChI=1S/C24H24N2O4S/c27-26(28)22-11-14-23(15-12-22)31(29,30)24-13-10-21(25-17-24)16-18-6-8-20(9-7-18)19-4-2-1-3-5-19/h6-15,17,19H,1-5,16H2. The predicted molar refractivity (Wildman–Crippen MR) is 118 cm³/mol. The van der Waals surface area contributed by atoms with Gasteiger partial charge in [-0.2, -0.15) is 0 Å². The highest BCUT2D eigenvalue weighted by Crippen LogP contribution is 2.32. The van der Waals surface area contributed by atoms with Gasteiger partial charge in [0.05, 0.1) is 14.7 Å². The fraction of sp³-hybridized carbons (Fsp3) is 0.292. The lowest BCUT2D eigenvalue weighted by molar-refractivity contribution is -0.384. The third-order valence-electron chi connectivity index (χ3n) is 5.91. The molecule has 31 heavy (non-hydrogen) atoms. The Bertz CT molecular complexity index is 1150. The molecule has 2 aromatic carbocycles. The van der Waals surface area contributed by atoms with E-state index in [-0.39, 0.29) is 15.5 Å². The van der Waals surface area contributed by atoms with E-state index < -0.39 is 14.8 Å². The van der Waals surface area contributed by atoms with Gasteiger partial charge in [-0.1, -0.05) is 43.5 Å². The Morgan fingerprint density at radius 3 is 2.10 bits per heavy atom. The maximum atomic E-state index is 12.8. The second kappa shape index (κ2) is 8.98. The van der Waals surface area contributed by atoms with Gasteiger partial charge in [-0.05, 0) is 54.2 Å². The third kappa shape index (κ3) is 4.82. The minimum Gasteiger partial charge on any atom is -0.260 e. The van der Waals surface area contributed by atoms with E-state index in [1.807, 2.05) is 0 Å². The first kappa shape index (κ1) is 21.2. The quantitative estimate of drug-likeness (QED) is 0.378. The van der Waals surface area contributed by atoms with Gasteiger partial charge in [-0.3, -0.25) is 15.1 Å². The van der Waals surface area contributed by atoms with Crippen LogP contribution in [-0.2, 0) is 16.3 Å². The molecule has 0 aliphatic heterocycles. The van der Waals surface area contributed by atoms with E-state index in [2.05, 4.69) is 29.2 Å². The van der Waals surface area contributed by atoms with Gasteiger partial charge >= 0.3 is 0 Å². The first-order valence-electron chi connectivity index (χ1n) is 10.5. The lowest BCUT2D eigenvalue weighted by Gasteiger charge is -2.22. The average Bonchev–Trinajstić information content (AvgIpc) is 2.80. The van der Waals surface area contributed by atoms with Crippen molar-refractivity contribution in [3.63, 3.8) is 0 Å². The lowest BCUT2D eigenvalue weighted by atomic mass is 9.84. The zero-order chi connectivity index (χ0) is 21.8. The van der Waals surface area contributed by atoms with Crippen LogP contribution >= 0.6 is 0 Å². The summed E-state index contributed by atoms with van der Waals surface area (Å²) in [6.07, 6.45) is 8.48. The number of benzene rings is 2. The molecule has 1 aromatic heterocycles. The highest BCUT2D eigenvalue weighted by Gasteiger charge is 2.19. The van der Waals surface area contributed by atoms with E-state index in [0.29, 0.717) is 12.3 Å². The molecule has 0 radical (unpaired) electrons. The smallest absolute Gasteiger partial charge is 0.260 e. The summed E-state index contributed by atoms with van der Waals surface area (Å²) in [6, 6.07) is 16.8. The number of nitro groups is 1. The van der Waals surface area contributed by atoms with Gasteiger partial charge in [0.25, 0.3) is 5.69 Å². The second-order valence-corrected chi connectivity index (χ2v) is 9.94. The minimum absolute atomic E-state index is 0.00551. The van der Waals surface area contributed by atoms with E-state index in [1.165, 1.54) is 74.2 Å². The molecule has 0 unspecified atom stereocenters. The molecular weight excluding hydrogens is 412 g/mol. The SMILES string of the molecule is O=[N+]([O-])c1ccc(S(=O)(=O)c2ccc(Cc3ccc(C4CCCCC4)cc3)nc2)cc1. The van der Waals surface area contributed by atoms with Crippen molar-refractivity contribution in [1.82, 2.24) is 4.98 Å². The summed E-state index contributed by atoms with van der Waals surface area (Å²) in [5.74, 6) is 0.671. The maximum absolute atomic E-state index is 12.8. The number of nitro benzene ring substituents is 1. The topological polar surface area (TPSA) is 90.2 Å². The molecule has 160 valence electrons. The van der Waals surface area contributed by atoms with Crippen LogP contribution < -0.4 is 0 Å². The second-order valence-electron chi connectivity index (χ2n) is 7.99. The molecular formula is C24H24N2O4S. The largest absolute Gasteiger partial charge is 0.269 e. The fourth-order valence-electron chi connectivity index (χ4n) is 4.11. The first-order chi connectivity index (χ1) is 14.9. The Labute approximate surface area is 182 Å². The summed E-state index contributed by atoms with van der Waals surface area (Å²) < 4.78 is 25.5. The van der Waals surface area contributed by atoms with Crippen LogP contribution in [0.25, 0.3) is 0 Å². The van der Waals surface area contributed by atoms with E-state index >= 15 is 0 Å². The average molecular weight is 437 g/mol. The molecule has 7 heteroatoms. The van der Waals surface area contributed by atoms with Gasteiger partial charge in [0.15, 0.2) is 0 Å². The summed E-state index contributed by atoms with van der Waals surface area (Å²) in [7, 11) is -3.77. The molecule has 0 amide bonds. The molecule has 1 aliphatic rings. The molecule has 1 aliphatic carbocycles. The molecule has 4 rings (SSSR count). The molecule has 0 N–H and O–H groups in total. The van der Waals surface area contributed by atoms with Crippen LogP contribution in [-0.4, -0.2) is 18.3 Å². The van der Waals surface area contributed by atoms with Crippen LogP contribution in [0, 0.1) is 10.1 Å². The molecule has 3 aromatic rings. The zero-order valence-corrected chi connectivity index (χ0v) is 17.9. The molecule has 0 saturated heterocycles. The molecule has 0 spiro atoms. The Balaban J connectivity index is 1.45. The lowest BCUT2D eigenvalue weighted by Crippen LogP contribution is -2.05. The zero-order valence-electron chi connectivity index (χ0n) is 17.1. The van der Waals surface area contributed by atoms with Crippen molar-refractivity contribution in [2.24, 2.45) is 0 Å². The summed E-state index contributed by atoms with van der Waals surface area (Å²) in [6.45, 7) is 0. The van der Waals surface area contributed by atoms with Crippen molar-refractivity contribution in [2.75, 3.05) is 0 Å². The van der Waals surface area contributed by atoms with Gasteiger partial charge in [0.1, 0.15) is 0 Å². The van der Waals surface area contributed by atoms with Crippen LogP contribution in [0.5, 0.6) is 0 Å². The number of hydrogen-bond acceptors (Lipinski definition) is 5. The number of rotatable bonds is 6. The van der Waals surface area contributed by atoms with E-state index in [4.69, 9.17) is 0 Å². The number of non-ortho nitro benzene ring substituents is 1. The van der Waals surface area contributed by atoms with Gasteiger partial charge in [0.2, 0.25) is 9.84 Å². The minimum atomic E-state index is -3.77. The van der Waals surface area contributed by atoms with Crippen molar-refractivity contribution >= 4 is 15.5 Å². The summed E-state index contributed by atoms with van der Waals surface area (Å²) >= 11 is 0. The monoisotopic (exact) mass is 436 g/mol. The molecule has 1 saturated carbocycles. The number of nitrogens with zero attached hydrogens (tertiary/aromatic N) is 2. The fourth-order valence-corrected chi connectivity index (χ4v) is 5.32. The van der Waals surface area contributed by atoms with Gasteiger partial charge in [-0.25, -0.2) is 8.42 Å². The van der Waals surface area contributed by atoms with Crippen LogP contribution in [0.3, 0.4) is 0 Å². The van der Waals surface area contributed by atoms with Crippen LogP contribution in [0.2, 0.25) is 0 Å². The van der Waals surface area contributed by atoms with Crippen LogP contribution in [0.4, 0.5) is 5.69 Å². The van der Waals surface area contributed by atoms with Crippen molar-refractivity contribution in [3.05, 3.63) is 93.8 Å². The van der Waals surface area contributed by atoms with Gasteiger partial charge < -0.3 is 0 Å². The molecule has 1 heterocycles. The Morgan fingerprint density at radius 2 is 1.52 bits per heavy atom. The van der Waals surface area contributed by atoms with Crippen molar-refractivity contribution in [1.29, 1.82) is 0 Å². The summed E-state index contributed by atoms with van der Waals surface area (Å²) in [5, 5.41) is 10.8. The molecule has 6 nitrogen and oxygen atoms in total. The number of sulfone groups is 1. The molecule has 0 bridgehead atoms. The number of aromatic nitrogens is 1. The third-order valence-corrected chi connectivity index (χ3v) is 7.66. The van der Waals surface area contributed by atoms with Gasteiger partial charge in [0, 0.05) is 30.4 Å². The van der Waals surface area contributed by atoms with Crippen molar-refractivity contribution in [3.8, 4) is 0 Å². The van der Waals surface area contributed by atoms with Crippen molar-refractivity contribution < 1.29 is 13.3 Å².